The number of rotatable bonds is 4. The van der Waals surface area contributed by atoms with Gasteiger partial charge in [-0.3, -0.25) is 0 Å². The zero-order valence-corrected chi connectivity index (χ0v) is 11.0. The molecule has 0 aliphatic carbocycles. The minimum atomic E-state index is -4.29. The second kappa shape index (κ2) is 5.74. The molecular formula is C14H20F3N. The molecule has 0 heterocycles. The SMILES string of the molecule is CCCC(C)C(N)c1ccc(C(F)(F)F)cc1C. The first-order valence-corrected chi connectivity index (χ1v) is 6.20. The molecule has 4 heteroatoms. The predicted molar refractivity (Wildman–Crippen MR) is 67.2 cm³/mol. The molecule has 1 aromatic carbocycles. The number of nitrogens with two attached hydrogens (primary N) is 1. The van der Waals surface area contributed by atoms with E-state index in [9.17, 15) is 13.2 Å². The van der Waals surface area contributed by atoms with Crippen LogP contribution in [-0.2, 0) is 6.18 Å². The quantitative estimate of drug-likeness (QED) is 0.849. The maximum Gasteiger partial charge on any atom is 0.416 e. The third kappa shape index (κ3) is 3.48. The van der Waals surface area contributed by atoms with Crippen molar-refractivity contribution < 1.29 is 13.2 Å². The standard InChI is InChI=1S/C14H20F3N/c1-4-5-9(2)13(18)12-7-6-11(8-10(12)3)14(15,16)17/h6-9,13H,4-5,18H2,1-3H3. The topological polar surface area (TPSA) is 26.0 Å². The van der Waals surface area contributed by atoms with E-state index < -0.39 is 11.7 Å². The second-order valence-electron chi connectivity index (χ2n) is 4.86. The Morgan fingerprint density at radius 2 is 1.89 bits per heavy atom. The average molecular weight is 259 g/mol. The van der Waals surface area contributed by atoms with E-state index in [-0.39, 0.29) is 12.0 Å². The van der Waals surface area contributed by atoms with Crippen molar-refractivity contribution in [3.05, 3.63) is 34.9 Å². The summed E-state index contributed by atoms with van der Waals surface area (Å²) in [6.45, 7) is 5.79. The van der Waals surface area contributed by atoms with Crippen molar-refractivity contribution in [2.75, 3.05) is 0 Å². The van der Waals surface area contributed by atoms with Gasteiger partial charge < -0.3 is 5.73 Å². The van der Waals surface area contributed by atoms with Gasteiger partial charge in [0.1, 0.15) is 0 Å². The molecule has 18 heavy (non-hydrogen) atoms. The molecule has 0 radical (unpaired) electrons. The van der Waals surface area contributed by atoms with Crippen LogP contribution in [0.2, 0.25) is 0 Å². The Morgan fingerprint density at radius 1 is 1.28 bits per heavy atom. The van der Waals surface area contributed by atoms with Gasteiger partial charge in [-0.2, -0.15) is 13.2 Å². The van der Waals surface area contributed by atoms with E-state index in [0.717, 1.165) is 24.5 Å². The maximum atomic E-state index is 12.5. The number of hydrogen-bond donors (Lipinski definition) is 1. The molecule has 0 fully saturated rings. The molecule has 0 aliphatic heterocycles. The summed E-state index contributed by atoms with van der Waals surface area (Å²) in [5.41, 5.74) is 6.91. The summed E-state index contributed by atoms with van der Waals surface area (Å²) in [6.07, 6.45) is -2.29. The third-order valence-corrected chi connectivity index (χ3v) is 3.31. The fraction of sp³-hybridized carbons (Fsp3) is 0.571. The molecule has 0 saturated carbocycles. The minimum absolute atomic E-state index is 0.202. The van der Waals surface area contributed by atoms with E-state index in [0.29, 0.717) is 5.56 Å². The molecule has 1 rings (SSSR count). The fourth-order valence-electron chi connectivity index (χ4n) is 2.17. The van der Waals surface area contributed by atoms with Gasteiger partial charge in [0.2, 0.25) is 0 Å². The molecular weight excluding hydrogens is 239 g/mol. The van der Waals surface area contributed by atoms with Crippen molar-refractivity contribution >= 4 is 0 Å². The second-order valence-corrected chi connectivity index (χ2v) is 4.86. The van der Waals surface area contributed by atoms with Gasteiger partial charge in [-0.25, -0.2) is 0 Å². The van der Waals surface area contributed by atoms with Crippen LogP contribution in [0.5, 0.6) is 0 Å². The minimum Gasteiger partial charge on any atom is -0.324 e. The Hall–Kier alpha value is -1.03. The van der Waals surface area contributed by atoms with Crippen molar-refractivity contribution in [1.29, 1.82) is 0 Å². The normalized spacial score (nSPS) is 15.5. The highest BCUT2D eigenvalue weighted by atomic mass is 19.4. The summed E-state index contributed by atoms with van der Waals surface area (Å²) in [5.74, 6) is 0.269. The largest absolute Gasteiger partial charge is 0.416 e. The molecule has 1 aromatic rings. The first kappa shape index (κ1) is 15.0. The van der Waals surface area contributed by atoms with Crippen molar-refractivity contribution in [3.63, 3.8) is 0 Å². The van der Waals surface area contributed by atoms with Crippen LogP contribution >= 0.6 is 0 Å². The summed E-state index contributed by atoms with van der Waals surface area (Å²) >= 11 is 0. The first-order valence-electron chi connectivity index (χ1n) is 6.20. The number of aryl methyl sites for hydroxylation is 1. The Bertz CT molecular complexity index is 399. The zero-order chi connectivity index (χ0) is 13.9. The molecule has 0 aliphatic rings. The summed E-state index contributed by atoms with van der Waals surface area (Å²) in [4.78, 5) is 0. The van der Waals surface area contributed by atoms with Crippen LogP contribution in [0.3, 0.4) is 0 Å². The van der Waals surface area contributed by atoms with Crippen LogP contribution in [0.4, 0.5) is 13.2 Å². The summed E-state index contributed by atoms with van der Waals surface area (Å²) in [5, 5.41) is 0. The Labute approximate surface area is 106 Å². The molecule has 2 atom stereocenters. The van der Waals surface area contributed by atoms with Gasteiger partial charge in [0.15, 0.2) is 0 Å². The van der Waals surface area contributed by atoms with Crippen molar-refractivity contribution in [3.8, 4) is 0 Å². The Kier molecular flexibility index (Phi) is 4.79. The van der Waals surface area contributed by atoms with E-state index >= 15 is 0 Å². The van der Waals surface area contributed by atoms with Crippen LogP contribution in [0, 0.1) is 12.8 Å². The predicted octanol–water partition coefficient (Wildman–Crippen LogP) is 4.45. The Balaban J connectivity index is 2.99. The Morgan fingerprint density at radius 3 is 2.33 bits per heavy atom. The average Bonchev–Trinajstić information content (AvgIpc) is 2.27. The summed E-state index contributed by atoms with van der Waals surface area (Å²) < 4.78 is 37.6. The lowest BCUT2D eigenvalue weighted by Gasteiger charge is -2.22. The molecule has 102 valence electrons. The van der Waals surface area contributed by atoms with E-state index in [1.54, 1.807) is 6.92 Å². The molecule has 0 bridgehead atoms. The zero-order valence-electron chi connectivity index (χ0n) is 11.0. The lowest BCUT2D eigenvalue weighted by Crippen LogP contribution is -2.20. The van der Waals surface area contributed by atoms with E-state index in [1.807, 2.05) is 6.92 Å². The van der Waals surface area contributed by atoms with E-state index in [4.69, 9.17) is 5.73 Å². The fourth-order valence-corrected chi connectivity index (χ4v) is 2.17. The van der Waals surface area contributed by atoms with Crippen molar-refractivity contribution in [2.45, 2.75) is 45.8 Å². The van der Waals surface area contributed by atoms with Gasteiger partial charge in [0.25, 0.3) is 0 Å². The maximum absolute atomic E-state index is 12.5. The van der Waals surface area contributed by atoms with Gasteiger partial charge in [0.05, 0.1) is 5.56 Å². The molecule has 0 saturated heterocycles. The van der Waals surface area contributed by atoms with E-state index in [2.05, 4.69) is 6.92 Å². The van der Waals surface area contributed by atoms with Crippen LogP contribution in [0.1, 0.15) is 49.4 Å². The lowest BCUT2D eigenvalue weighted by molar-refractivity contribution is -0.137. The molecule has 0 amide bonds. The van der Waals surface area contributed by atoms with Crippen molar-refractivity contribution in [1.82, 2.24) is 0 Å². The highest BCUT2D eigenvalue weighted by Crippen LogP contribution is 2.33. The number of halogens is 3. The van der Waals surface area contributed by atoms with Crippen LogP contribution < -0.4 is 5.73 Å². The smallest absolute Gasteiger partial charge is 0.324 e. The number of alkyl halides is 3. The van der Waals surface area contributed by atoms with Gasteiger partial charge in [-0.05, 0) is 42.5 Å². The first-order chi connectivity index (χ1) is 8.27. The third-order valence-electron chi connectivity index (χ3n) is 3.31. The summed E-state index contributed by atoms with van der Waals surface area (Å²) in [7, 11) is 0. The molecule has 0 aromatic heterocycles. The van der Waals surface area contributed by atoms with Gasteiger partial charge >= 0.3 is 6.18 Å². The highest BCUT2D eigenvalue weighted by Gasteiger charge is 2.31. The molecule has 2 N–H and O–H groups in total. The van der Waals surface area contributed by atoms with Gasteiger partial charge in [0, 0.05) is 6.04 Å². The lowest BCUT2D eigenvalue weighted by atomic mass is 9.89. The summed E-state index contributed by atoms with van der Waals surface area (Å²) in [6, 6.07) is 3.59. The monoisotopic (exact) mass is 259 g/mol. The van der Waals surface area contributed by atoms with E-state index in [1.165, 1.54) is 12.1 Å². The van der Waals surface area contributed by atoms with Crippen LogP contribution in [0.15, 0.2) is 18.2 Å². The van der Waals surface area contributed by atoms with Gasteiger partial charge in [-0.15, -0.1) is 0 Å². The molecule has 0 spiro atoms. The number of hydrogen-bond acceptors (Lipinski definition) is 1. The molecule has 2 unspecified atom stereocenters. The number of benzene rings is 1. The van der Waals surface area contributed by atoms with Gasteiger partial charge in [-0.1, -0.05) is 26.3 Å². The molecule has 1 nitrogen and oxygen atoms in total. The highest BCUT2D eigenvalue weighted by molar-refractivity contribution is 5.34. The van der Waals surface area contributed by atoms with Crippen LogP contribution in [-0.4, -0.2) is 0 Å². The van der Waals surface area contributed by atoms with Crippen LogP contribution in [0.25, 0.3) is 0 Å². The van der Waals surface area contributed by atoms with Crippen molar-refractivity contribution in [2.24, 2.45) is 11.7 Å².